The van der Waals surface area contributed by atoms with E-state index in [-0.39, 0.29) is 17.9 Å². The largest absolute Gasteiger partial charge is 0.365 e. The molecule has 0 saturated carbocycles. The number of nitrogens with zero attached hydrogens (tertiary/aromatic N) is 1. The Hall–Kier alpha value is -2.66. The van der Waals surface area contributed by atoms with E-state index in [1.165, 1.54) is 0 Å². The second kappa shape index (κ2) is 6.82. The number of carbonyl (C=O) groups excluding carboxylic acids is 2. The van der Waals surface area contributed by atoms with E-state index in [0.29, 0.717) is 25.1 Å². The molecule has 2 heterocycles. The Labute approximate surface area is 159 Å². The number of rotatable bonds is 3. The minimum atomic E-state index is -0.595. The molecule has 2 aromatic rings. The molecule has 140 valence electrons. The molecule has 1 saturated heterocycles. The van der Waals surface area contributed by atoms with Gasteiger partial charge in [-0.25, -0.2) is 0 Å². The molecule has 2 unspecified atom stereocenters. The van der Waals surface area contributed by atoms with Crippen molar-refractivity contribution in [3.8, 4) is 0 Å². The van der Waals surface area contributed by atoms with Crippen molar-refractivity contribution in [1.82, 2.24) is 10.2 Å². The third-order valence-electron chi connectivity index (χ3n) is 5.40. The predicted molar refractivity (Wildman–Crippen MR) is 102 cm³/mol. The van der Waals surface area contributed by atoms with E-state index in [1.54, 1.807) is 0 Å². The van der Waals surface area contributed by atoms with Crippen molar-refractivity contribution in [2.75, 3.05) is 6.61 Å². The summed E-state index contributed by atoms with van der Waals surface area (Å²) in [4.78, 5) is 27.7. The van der Waals surface area contributed by atoms with Crippen molar-refractivity contribution in [2.24, 2.45) is 0 Å². The first-order valence-corrected chi connectivity index (χ1v) is 9.39. The van der Waals surface area contributed by atoms with Crippen molar-refractivity contribution < 1.29 is 14.3 Å². The van der Waals surface area contributed by atoms with Gasteiger partial charge in [0.2, 0.25) is 5.91 Å². The molecule has 2 amide bonds. The highest BCUT2D eigenvalue weighted by atomic mass is 16.5. The number of hydrogen-bond donors (Lipinski definition) is 1. The summed E-state index contributed by atoms with van der Waals surface area (Å²) in [5, 5.41) is 2.92. The molecule has 2 atom stereocenters. The number of ether oxygens (including phenoxy) is 1. The van der Waals surface area contributed by atoms with Crippen LogP contribution in [0.15, 0.2) is 54.6 Å². The molecule has 0 aliphatic carbocycles. The van der Waals surface area contributed by atoms with Gasteiger partial charge in [0.25, 0.3) is 5.91 Å². The monoisotopic (exact) mass is 364 g/mol. The lowest BCUT2D eigenvalue weighted by Gasteiger charge is -2.35. The average Bonchev–Trinajstić information content (AvgIpc) is 3.25. The van der Waals surface area contributed by atoms with Gasteiger partial charge >= 0.3 is 0 Å². The Morgan fingerprint density at radius 3 is 2.56 bits per heavy atom. The third-order valence-corrected chi connectivity index (χ3v) is 5.40. The second-order valence-electron chi connectivity index (χ2n) is 7.61. The van der Waals surface area contributed by atoms with Gasteiger partial charge in [0.1, 0.15) is 6.10 Å². The molecule has 0 radical (unpaired) electrons. The molecule has 5 heteroatoms. The number of fused-ring (bicyclic) bond motifs is 2. The summed E-state index contributed by atoms with van der Waals surface area (Å²) in [6.07, 6.45) is -0.0779. The summed E-state index contributed by atoms with van der Waals surface area (Å²) in [6, 6.07) is 17.4. The molecular formula is C22H24N2O3. The van der Waals surface area contributed by atoms with Crippen LogP contribution in [0.2, 0.25) is 0 Å². The van der Waals surface area contributed by atoms with Crippen LogP contribution in [0.4, 0.5) is 0 Å². The Balaban J connectivity index is 1.69. The normalized spacial score (nSPS) is 23.7. The summed E-state index contributed by atoms with van der Waals surface area (Å²) in [5.41, 5.74) is 2.27. The van der Waals surface area contributed by atoms with Crippen molar-refractivity contribution in [2.45, 2.75) is 44.5 Å². The zero-order chi connectivity index (χ0) is 19.0. The van der Waals surface area contributed by atoms with Gasteiger partial charge in [0.15, 0.2) is 0 Å². The highest BCUT2D eigenvalue weighted by Gasteiger charge is 2.54. The van der Waals surface area contributed by atoms with E-state index in [2.05, 4.69) is 17.4 Å². The predicted octanol–water partition coefficient (Wildman–Crippen LogP) is 2.85. The third kappa shape index (κ3) is 3.02. The molecule has 27 heavy (non-hydrogen) atoms. The van der Waals surface area contributed by atoms with E-state index >= 15 is 0 Å². The second-order valence-corrected chi connectivity index (χ2v) is 7.61. The van der Waals surface area contributed by atoms with E-state index < -0.39 is 11.6 Å². The van der Waals surface area contributed by atoms with Gasteiger partial charge in [0, 0.05) is 24.6 Å². The smallest absolute Gasteiger partial charge is 0.254 e. The van der Waals surface area contributed by atoms with Crippen LogP contribution >= 0.6 is 0 Å². The van der Waals surface area contributed by atoms with Crippen LogP contribution in [0, 0.1) is 0 Å². The molecular weight excluding hydrogens is 340 g/mol. The van der Waals surface area contributed by atoms with Crippen LogP contribution in [-0.4, -0.2) is 35.5 Å². The van der Waals surface area contributed by atoms with Crippen LogP contribution in [0.25, 0.3) is 0 Å². The minimum Gasteiger partial charge on any atom is -0.365 e. The van der Waals surface area contributed by atoms with Gasteiger partial charge in [-0.05, 0) is 37.1 Å². The van der Waals surface area contributed by atoms with Crippen molar-refractivity contribution in [1.29, 1.82) is 0 Å². The Bertz CT molecular complexity index is 865. The zero-order valence-corrected chi connectivity index (χ0v) is 15.6. The van der Waals surface area contributed by atoms with Gasteiger partial charge < -0.3 is 15.0 Å². The summed E-state index contributed by atoms with van der Waals surface area (Å²) < 4.78 is 5.92. The van der Waals surface area contributed by atoms with Gasteiger partial charge in [-0.3, -0.25) is 9.59 Å². The van der Waals surface area contributed by atoms with Crippen LogP contribution in [0.5, 0.6) is 0 Å². The summed E-state index contributed by atoms with van der Waals surface area (Å²) in [6.45, 7) is 4.72. The average molecular weight is 364 g/mol. The van der Waals surface area contributed by atoms with E-state index in [4.69, 9.17) is 4.74 Å². The van der Waals surface area contributed by atoms with Crippen molar-refractivity contribution in [3.63, 3.8) is 0 Å². The van der Waals surface area contributed by atoms with Crippen LogP contribution < -0.4 is 5.32 Å². The van der Waals surface area contributed by atoms with Crippen molar-refractivity contribution in [3.05, 3.63) is 71.3 Å². The quantitative estimate of drug-likeness (QED) is 0.911. The fraction of sp³-hybridized carbons (Fsp3) is 0.364. The van der Waals surface area contributed by atoms with E-state index in [0.717, 1.165) is 11.1 Å². The molecule has 1 spiro atoms. The molecule has 2 aliphatic rings. The number of amides is 2. The highest BCUT2D eigenvalue weighted by molar-refractivity contribution is 5.95. The highest BCUT2D eigenvalue weighted by Crippen LogP contribution is 2.47. The topological polar surface area (TPSA) is 58.6 Å². The lowest BCUT2D eigenvalue weighted by Crippen LogP contribution is -2.46. The van der Waals surface area contributed by atoms with Crippen molar-refractivity contribution >= 4 is 11.8 Å². The SMILES string of the molecule is CC(C)NC(=O)C1CC2(CO1)c1ccccc1CN2C(=O)c1ccccc1. The lowest BCUT2D eigenvalue weighted by atomic mass is 9.86. The van der Waals surface area contributed by atoms with Gasteiger partial charge in [-0.2, -0.15) is 0 Å². The number of hydrogen-bond acceptors (Lipinski definition) is 3. The first kappa shape index (κ1) is 17.7. The summed E-state index contributed by atoms with van der Waals surface area (Å²) in [5.74, 6) is -0.140. The maximum atomic E-state index is 13.3. The molecule has 0 aromatic heterocycles. The number of benzene rings is 2. The Morgan fingerprint density at radius 1 is 1.11 bits per heavy atom. The van der Waals surface area contributed by atoms with E-state index in [9.17, 15) is 9.59 Å². The van der Waals surface area contributed by atoms with Gasteiger partial charge in [-0.1, -0.05) is 42.5 Å². The lowest BCUT2D eigenvalue weighted by molar-refractivity contribution is -0.130. The standard InChI is InChI=1S/C22H24N2O3/c1-15(2)23-20(25)19-12-22(14-27-19)18-11-7-6-10-17(18)13-24(22)21(26)16-8-4-3-5-9-16/h3-11,15,19H,12-14H2,1-2H3,(H,23,25). The zero-order valence-electron chi connectivity index (χ0n) is 15.6. The maximum absolute atomic E-state index is 13.3. The molecule has 0 bridgehead atoms. The first-order chi connectivity index (χ1) is 13.0. The Morgan fingerprint density at radius 2 is 1.81 bits per heavy atom. The summed E-state index contributed by atoms with van der Waals surface area (Å²) >= 11 is 0. The number of nitrogens with one attached hydrogen (secondary N) is 1. The molecule has 1 N–H and O–H groups in total. The number of carbonyl (C=O) groups is 2. The first-order valence-electron chi connectivity index (χ1n) is 9.39. The molecule has 2 aliphatic heterocycles. The maximum Gasteiger partial charge on any atom is 0.254 e. The van der Waals surface area contributed by atoms with Crippen LogP contribution in [0.1, 0.15) is 41.8 Å². The van der Waals surface area contributed by atoms with Crippen LogP contribution in [0.3, 0.4) is 0 Å². The fourth-order valence-corrected chi connectivity index (χ4v) is 4.17. The van der Waals surface area contributed by atoms with E-state index in [1.807, 2.05) is 61.2 Å². The Kier molecular flexibility index (Phi) is 4.48. The van der Waals surface area contributed by atoms with Gasteiger partial charge in [0.05, 0.1) is 12.1 Å². The molecule has 1 fully saturated rings. The molecule has 2 aromatic carbocycles. The molecule has 5 nitrogen and oxygen atoms in total. The fourth-order valence-electron chi connectivity index (χ4n) is 4.17. The molecule has 4 rings (SSSR count). The summed E-state index contributed by atoms with van der Waals surface area (Å²) in [7, 11) is 0. The van der Waals surface area contributed by atoms with Gasteiger partial charge in [-0.15, -0.1) is 0 Å². The minimum absolute atomic E-state index is 0.0275. The van der Waals surface area contributed by atoms with Crippen LogP contribution in [-0.2, 0) is 21.6 Å².